The average Bonchev–Trinajstić information content (AvgIpc) is 2.84. The summed E-state index contributed by atoms with van der Waals surface area (Å²) >= 11 is 0. The number of amides is 2. The Morgan fingerprint density at radius 2 is 2.09 bits per heavy atom. The van der Waals surface area contributed by atoms with Crippen LogP contribution < -0.4 is 0 Å². The highest BCUT2D eigenvalue weighted by Crippen LogP contribution is 2.27. The monoisotopic (exact) mass is 310 g/mol. The molecule has 0 spiro atoms. The van der Waals surface area contributed by atoms with Crippen molar-refractivity contribution >= 4 is 6.03 Å². The lowest BCUT2D eigenvalue weighted by atomic mass is 9.99. The number of aromatic nitrogens is 3. The maximum absolute atomic E-state index is 12.2. The number of aryl methyl sites for hydroxylation is 1. The Morgan fingerprint density at radius 1 is 1.36 bits per heavy atom. The van der Waals surface area contributed by atoms with E-state index >= 15 is 0 Å². The minimum Gasteiger partial charge on any atom is -0.379 e. The average molecular weight is 310 g/mol. The molecule has 2 heterocycles. The Hall–Kier alpha value is -1.67. The molecule has 8 nitrogen and oxygen atoms in total. The van der Waals surface area contributed by atoms with Crippen molar-refractivity contribution in [2.24, 2.45) is 7.05 Å². The molecule has 22 heavy (non-hydrogen) atoms. The first-order valence-corrected chi connectivity index (χ1v) is 7.47. The largest absolute Gasteiger partial charge is 0.379 e. The minimum atomic E-state index is -0.00501. The van der Waals surface area contributed by atoms with Crippen LogP contribution in [0.4, 0.5) is 4.79 Å². The lowest BCUT2D eigenvalue weighted by Gasteiger charge is -2.33. The summed E-state index contributed by atoms with van der Waals surface area (Å²) in [7, 11) is 9.45. The SMILES string of the molecule is CN(C)CCOC[C@H]1CN(C(=O)N(C)C)Cc2nnn(C)c21. The number of hydrogen-bond donors (Lipinski definition) is 0. The fourth-order valence-electron chi connectivity index (χ4n) is 2.65. The molecule has 0 bridgehead atoms. The topological polar surface area (TPSA) is 66.7 Å². The first-order valence-electron chi connectivity index (χ1n) is 7.47. The molecule has 0 saturated heterocycles. The van der Waals surface area contributed by atoms with Crippen LogP contribution in [0.15, 0.2) is 0 Å². The van der Waals surface area contributed by atoms with E-state index in [-0.39, 0.29) is 11.9 Å². The fraction of sp³-hybridized carbons (Fsp3) is 0.786. The highest BCUT2D eigenvalue weighted by Gasteiger charge is 2.32. The molecule has 2 amide bonds. The number of hydrogen-bond acceptors (Lipinski definition) is 5. The van der Waals surface area contributed by atoms with Gasteiger partial charge in [0.15, 0.2) is 0 Å². The molecule has 1 aromatic heterocycles. The van der Waals surface area contributed by atoms with E-state index in [1.165, 1.54) is 0 Å². The van der Waals surface area contributed by atoms with Gasteiger partial charge in [0, 0.05) is 40.2 Å². The third-order valence-electron chi connectivity index (χ3n) is 3.77. The Kier molecular flexibility index (Phi) is 5.36. The zero-order chi connectivity index (χ0) is 16.3. The smallest absolute Gasteiger partial charge is 0.319 e. The second-order valence-electron chi connectivity index (χ2n) is 6.18. The molecule has 124 valence electrons. The van der Waals surface area contributed by atoms with Gasteiger partial charge < -0.3 is 19.4 Å². The van der Waals surface area contributed by atoms with E-state index in [0.717, 1.165) is 17.9 Å². The third kappa shape index (κ3) is 3.75. The number of carbonyl (C=O) groups is 1. The maximum atomic E-state index is 12.2. The van der Waals surface area contributed by atoms with Crippen molar-refractivity contribution < 1.29 is 9.53 Å². The van der Waals surface area contributed by atoms with Crippen LogP contribution in [-0.4, -0.2) is 90.2 Å². The van der Waals surface area contributed by atoms with Gasteiger partial charge in [-0.1, -0.05) is 5.21 Å². The Balaban J connectivity index is 2.06. The summed E-state index contributed by atoms with van der Waals surface area (Å²) < 4.78 is 7.59. The van der Waals surface area contributed by atoms with Crippen LogP contribution in [0.5, 0.6) is 0 Å². The summed E-state index contributed by atoms with van der Waals surface area (Å²) in [6.45, 7) is 3.26. The molecule has 1 atom stereocenters. The summed E-state index contributed by atoms with van der Waals surface area (Å²) in [4.78, 5) is 17.7. The normalized spacial score (nSPS) is 17.7. The van der Waals surface area contributed by atoms with Gasteiger partial charge in [0.25, 0.3) is 0 Å². The van der Waals surface area contributed by atoms with E-state index in [0.29, 0.717) is 26.3 Å². The zero-order valence-corrected chi connectivity index (χ0v) is 14.1. The summed E-state index contributed by atoms with van der Waals surface area (Å²) in [5.41, 5.74) is 1.94. The second-order valence-corrected chi connectivity index (χ2v) is 6.18. The third-order valence-corrected chi connectivity index (χ3v) is 3.77. The van der Waals surface area contributed by atoms with Crippen molar-refractivity contribution in [2.45, 2.75) is 12.5 Å². The van der Waals surface area contributed by atoms with E-state index < -0.39 is 0 Å². The molecule has 8 heteroatoms. The first kappa shape index (κ1) is 16.7. The molecule has 0 saturated carbocycles. The Morgan fingerprint density at radius 3 is 2.73 bits per heavy atom. The van der Waals surface area contributed by atoms with Crippen LogP contribution in [0.3, 0.4) is 0 Å². The molecular formula is C14H26N6O2. The fourth-order valence-corrected chi connectivity index (χ4v) is 2.65. The second kappa shape index (κ2) is 7.06. The summed E-state index contributed by atoms with van der Waals surface area (Å²) in [5, 5.41) is 8.29. The number of nitrogens with zero attached hydrogens (tertiary/aromatic N) is 6. The molecule has 0 radical (unpaired) electrons. The number of likely N-dealkylation sites (N-methyl/N-ethyl adjacent to an activating group) is 1. The molecule has 0 aliphatic carbocycles. The van der Waals surface area contributed by atoms with Gasteiger partial charge in [-0.05, 0) is 14.1 Å². The summed E-state index contributed by atoms with van der Waals surface area (Å²) in [6, 6.07) is -0.00501. The van der Waals surface area contributed by atoms with E-state index in [1.54, 1.807) is 28.6 Å². The standard InChI is InChI=1S/C14H26N6O2/c1-17(2)6-7-22-10-11-8-20(14(21)18(3)4)9-12-13(11)19(5)16-15-12/h11H,6-10H2,1-5H3/t11-/m1/s1. The Labute approximate surface area is 131 Å². The molecule has 1 aromatic rings. The van der Waals surface area contributed by atoms with Gasteiger partial charge in [-0.2, -0.15) is 0 Å². The van der Waals surface area contributed by atoms with Gasteiger partial charge in [0.2, 0.25) is 0 Å². The number of ether oxygens (including phenoxy) is 1. The highest BCUT2D eigenvalue weighted by atomic mass is 16.5. The summed E-state index contributed by atoms with van der Waals surface area (Å²) in [6.07, 6.45) is 0. The lowest BCUT2D eigenvalue weighted by molar-refractivity contribution is 0.0864. The van der Waals surface area contributed by atoms with E-state index in [1.807, 2.05) is 21.1 Å². The van der Waals surface area contributed by atoms with Crippen LogP contribution in [0, 0.1) is 0 Å². The number of carbonyl (C=O) groups excluding carboxylic acids is 1. The van der Waals surface area contributed by atoms with Crippen LogP contribution in [0.25, 0.3) is 0 Å². The molecule has 2 rings (SSSR count). The van der Waals surface area contributed by atoms with Crippen molar-refractivity contribution in [3.8, 4) is 0 Å². The quantitative estimate of drug-likeness (QED) is 0.715. The predicted molar refractivity (Wildman–Crippen MR) is 82.6 cm³/mol. The van der Waals surface area contributed by atoms with Gasteiger partial charge in [-0.3, -0.25) is 4.68 Å². The van der Waals surface area contributed by atoms with Gasteiger partial charge in [-0.25, -0.2) is 4.79 Å². The molecule has 1 aliphatic rings. The van der Waals surface area contributed by atoms with Crippen LogP contribution in [0.2, 0.25) is 0 Å². The molecule has 0 unspecified atom stereocenters. The van der Waals surface area contributed by atoms with E-state index in [9.17, 15) is 4.79 Å². The summed E-state index contributed by atoms with van der Waals surface area (Å²) in [5.74, 6) is 0.106. The number of fused-ring (bicyclic) bond motifs is 1. The van der Waals surface area contributed by atoms with Crippen LogP contribution in [0.1, 0.15) is 17.3 Å². The number of rotatable bonds is 5. The van der Waals surface area contributed by atoms with Crippen LogP contribution >= 0.6 is 0 Å². The first-order chi connectivity index (χ1) is 10.4. The lowest BCUT2D eigenvalue weighted by Crippen LogP contribution is -2.44. The van der Waals surface area contributed by atoms with Gasteiger partial charge in [0.05, 0.1) is 25.5 Å². The van der Waals surface area contributed by atoms with Crippen LogP contribution in [-0.2, 0) is 18.3 Å². The van der Waals surface area contributed by atoms with Crippen molar-refractivity contribution in [3.05, 3.63) is 11.4 Å². The van der Waals surface area contributed by atoms with Crippen molar-refractivity contribution in [2.75, 3.05) is 54.5 Å². The van der Waals surface area contributed by atoms with E-state index in [2.05, 4.69) is 15.2 Å². The highest BCUT2D eigenvalue weighted by molar-refractivity contribution is 5.74. The molecule has 1 aliphatic heterocycles. The molecule has 0 aromatic carbocycles. The minimum absolute atomic E-state index is 0.00501. The predicted octanol–water partition coefficient (Wildman–Crippen LogP) is -0.0259. The number of urea groups is 1. The van der Waals surface area contributed by atoms with Crippen molar-refractivity contribution in [3.63, 3.8) is 0 Å². The van der Waals surface area contributed by atoms with Crippen molar-refractivity contribution in [1.82, 2.24) is 29.7 Å². The molecular weight excluding hydrogens is 284 g/mol. The molecule has 0 fully saturated rings. The Bertz CT molecular complexity index is 513. The zero-order valence-electron chi connectivity index (χ0n) is 14.1. The van der Waals surface area contributed by atoms with E-state index in [4.69, 9.17) is 4.74 Å². The van der Waals surface area contributed by atoms with Gasteiger partial charge in [0.1, 0.15) is 5.69 Å². The maximum Gasteiger partial charge on any atom is 0.319 e. The van der Waals surface area contributed by atoms with Gasteiger partial charge in [-0.15, -0.1) is 5.10 Å². The molecule has 0 N–H and O–H groups in total. The van der Waals surface area contributed by atoms with Gasteiger partial charge >= 0.3 is 6.03 Å². The van der Waals surface area contributed by atoms with Crippen molar-refractivity contribution in [1.29, 1.82) is 0 Å².